The summed E-state index contributed by atoms with van der Waals surface area (Å²) in [5.74, 6) is 0.342. The van der Waals surface area contributed by atoms with Crippen LogP contribution in [0.4, 0.5) is 0 Å². The Morgan fingerprint density at radius 1 is 1.33 bits per heavy atom. The molecule has 0 bridgehead atoms. The Morgan fingerprint density at radius 2 is 2.11 bits per heavy atom. The van der Waals surface area contributed by atoms with Crippen molar-refractivity contribution in [1.29, 1.82) is 0 Å². The molecule has 0 aliphatic heterocycles. The van der Waals surface area contributed by atoms with Crippen molar-refractivity contribution in [2.75, 3.05) is 11.6 Å². The Morgan fingerprint density at radius 3 is 2.83 bits per heavy atom. The number of alkyl halides is 1. The van der Waals surface area contributed by atoms with E-state index in [-0.39, 0.29) is 10.6 Å². The molecule has 0 aromatic carbocycles. The summed E-state index contributed by atoms with van der Waals surface area (Å²) < 4.78 is 25.1. The van der Waals surface area contributed by atoms with Crippen LogP contribution in [0.2, 0.25) is 0 Å². The number of halogens is 2. The van der Waals surface area contributed by atoms with E-state index in [1.54, 1.807) is 12.3 Å². The fourth-order valence-electron chi connectivity index (χ4n) is 1.59. The van der Waals surface area contributed by atoms with E-state index in [9.17, 15) is 8.42 Å². The lowest BCUT2D eigenvalue weighted by Gasteiger charge is -2.06. The first-order valence-corrected chi connectivity index (χ1v) is 8.21. The van der Waals surface area contributed by atoms with Gasteiger partial charge in [0.1, 0.15) is 5.52 Å². The van der Waals surface area contributed by atoms with E-state index in [1.165, 1.54) is 12.3 Å². The summed E-state index contributed by atoms with van der Waals surface area (Å²) >= 11 is 8.82. The van der Waals surface area contributed by atoms with E-state index >= 15 is 0 Å². The summed E-state index contributed by atoms with van der Waals surface area (Å²) in [5.41, 5.74) is 0.951. The molecule has 2 heterocycles. The molecule has 0 N–H and O–H groups in total. The molecule has 0 saturated carbocycles. The molecule has 0 aliphatic carbocycles. The molecule has 0 fully saturated rings. The molecule has 96 valence electrons. The van der Waals surface area contributed by atoms with E-state index in [2.05, 4.69) is 25.9 Å². The monoisotopic (exact) mass is 348 g/mol. The van der Waals surface area contributed by atoms with Crippen LogP contribution < -0.4 is 0 Å². The minimum atomic E-state index is -3.36. The molecule has 0 unspecified atom stereocenters. The maximum Gasteiger partial charge on any atom is 0.180 e. The van der Waals surface area contributed by atoms with E-state index in [0.29, 0.717) is 23.3 Å². The number of hydrogen-bond acceptors (Lipinski definition) is 4. The largest absolute Gasteiger partial charge is 0.254 e. The van der Waals surface area contributed by atoms with Crippen LogP contribution in [0.15, 0.2) is 33.9 Å². The third kappa shape index (κ3) is 2.81. The van der Waals surface area contributed by atoms with Crippen molar-refractivity contribution in [3.63, 3.8) is 0 Å². The van der Waals surface area contributed by atoms with Gasteiger partial charge in [0.15, 0.2) is 9.84 Å². The number of rotatable bonds is 4. The zero-order valence-electron chi connectivity index (χ0n) is 9.31. The number of nitrogens with zero attached hydrogens (tertiary/aromatic N) is 2. The second kappa shape index (κ2) is 5.50. The zero-order chi connectivity index (χ0) is 13.2. The zero-order valence-corrected chi connectivity index (χ0v) is 12.5. The van der Waals surface area contributed by atoms with E-state index in [1.807, 2.05) is 0 Å². The highest BCUT2D eigenvalue weighted by atomic mass is 79.9. The number of aromatic nitrogens is 2. The van der Waals surface area contributed by atoms with Crippen LogP contribution in [0, 0.1) is 0 Å². The standard InChI is InChI=1S/C11H10BrClN2O2S/c12-8-6-9-11(15-7-8)10(2-4-14-9)18(16,17)5-1-3-13/h2,4,6-7H,1,3,5H2. The SMILES string of the molecule is O=S(=O)(CCCCl)c1ccnc2cc(Br)cnc12. The van der Waals surface area contributed by atoms with Crippen molar-refractivity contribution in [1.82, 2.24) is 9.97 Å². The van der Waals surface area contributed by atoms with Crippen molar-refractivity contribution < 1.29 is 8.42 Å². The highest BCUT2D eigenvalue weighted by Gasteiger charge is 2.18. The first kappa shape index (κ1) is 13.7. The summed E-state index contributed by atoms with van der Waals surface area (Å²) in [6.45, 7) is 0. The predicted octanol–water partition coefficient (Wildman–Crippen LogP) is 2.79. The van der Waals surface area contributed by atoms with E-state index in [4.69, 9.17) is 11.6 Å². The van der Waals surface area contributed by atoms with Gasteiger partial charge < -0.3 is 0 Å². The smallest absolute Gasteiger partial charge is 0.180 e. The summed E-state index contributed by atoms with van der Waals surface area (Å²) in [6.07, 6.45) is 3.46. The average molecular weight is 350 g/mol. The molecule has 2 aromatic rings. The molecule has 7 heteroatoms. The van der Waals surface area contributed by atoms with Crippen LogP contribution in [-0.4, -0.2) is 30.0 Å². The number of hydrogen-bond donors (Lipinski definition) is 0. The highest BCUT2D eigenvalue weighted by molar-refractivity contribution is 9.10. The van der Waals surface area contributed by atoms with Crippen molar-refractivity contribution in [2.45, 2.75) is 11.3 Å². The molecule has 2 aromatic heterocycles. The minimum Gasteiger partial charge on any atom is -0.254 e. The highest BCUT2D eigenvalue weighted by Crippen LogP contribution is 2.23. The van der Waals surface area contributed by atoms with Gasteiger partial charge in [0, 0.05) is 22.7 Å². The van der Waals surface area contributed by atoms with Gasteiger partial charge in [-0.3, -0.25) is 9.97 Å². The van der Waals surface area contributed by atoms with Crippen LogP contribution in [0.5, 0.6) is 0 Å². The maximum absolute atomic E-state index is 12.2. The van der Waals surface area contributed by atoms with Crippen LogP contribution in [-0.2, 0) is 9.84 Å². The Labute approximate surface area is 118 Å². The Balaban J connectivity index is 2.58. The quantitative estimate of drug-likeness (QED) is 0.796. The first-order valence-electron chi connectivity index (χ1n) is 5.23. The third-order valence-electron chi connectivity index (χ3n) is 2.39. The van der Waals surface area contributed by atoms with E-state index < -0.39 is 9.84 Å². The molecule has 0 radical (unpaired) electrons. The van der Waals surface area contributed by atoms with Gasteiger partial charge >= 0.3 is 0 Å². The number of fused-ring (bicyclic) bond motifs is 1. The molecular weight excluding hydrogens is 340 g/mol. The average Bonchev–Trinajstić information content (AvgIpc) is 2.35. The summed E-state index contributed by atoms with van der Waals surface area (Å²) in [6, 6.07) is 3.22. The fourth-order valence-corrected chi connectivity index (χ4v) is 3.66. The Hall–Kier alpha value is -0.720. The summed E-state index contributed by atoms with van der Waals surface area (Å²) in [4.78, 5) is 8.46. The van der Waals surface area contributed by atoms with Crippen LogP contribution >= 0.6 is 27.5 Å². The van der Waals surface area contributed by atoms with Gasteiger partial charge in [0.25, 0.3) is 0 Å². The van der Waals surface area contributed by atoms with Crippen LogP contribution in [0.1, 0.15) is 6.42 Å². The molecule has 0 spiro atoms. The second-order valence-corrected chi connectivity index (χ2v) is 7.06. The van der Waals surface area contributed by atoms with Gasteiger partial charge in [-0.05, 0) is 34.5 Å². The molecule has 0 atom stereocenters. The lowest BCUT2D eigenvalue weighted by atomic mass is 10.3. The summed E-state index contributed by atoms with van der Waals surface area (Å²) in [7, 11) is -3.36. The summed E-state index contributed by atoms with van der Waals surface area (Å²) in [5, 5.41) is 0. The number of sulfone groups is 1. The molecule has 0 saturated heterocycles. The van der Waals surface area contributed by atoms with Gasteiger partial charge in [-0.1, -0.05) is 0 Å². The molecule has 0 aliphatic rings. The normalized spacial score (nSPS) is 11.9. The van der Waals surface area contributed by atoms with Crippen molar-refractivity contribution in [3.05, 3.63) is 29.0 Å². The second-order valence-electron chi connectivity index (χ2n) is 3.69. The Kier molecular flexibility index (Phi) is 4.19. The minimum absolute atomic E-state index is 0.0212. The van der Waals surface area contributed by atoms with Gasteiger partial charge in [-0.25, -0.2) is 8.42 Å². The lowest BCUT2D eigenvalue weighted by molar-refractivity contribution is 0.595. The van der Waals surface area contributed by atoms with Gasteiger partial charge in [0.2, 0.25) is 0 Å². The lowest BCUT2D eigenvalue weighted by Crippen LogP contribution is -2.08. The van der Waals surface area contributed by atoms with Crippen molar-refractivity contribution >= 4 is 48.4 Å². The fraction of sp³-hybridized carbons (Fsp3) is 0.273. The van der Waals surface area contributed by atoms with Crippen molar-refractivity contribution in [2.24, 2.45) is 0 Å². The topological polar surface area (TPSA) is 59.9 Å². The molecule has 0 amide bonds. The third-order valence-corrected chi connectivity index (χ3v) is 4.92. The van der Waals surface area contributed by atoms with E-state index in [0.717, 1.165) is 4.47 Å². The van der Waals surface area contributed by atoms with Gasteiger partial charge in [-0.2, -0.15) is 0 Å². The van der Waals surface area contributed by atoms with Crippen LogP contribution in [0.3, 0.4) is 0 Å². The molecule has 4 nitrogen and oxygen atoms in total. The Bertz CT molecular complexity index is 676. The molecular formula is C11H10BrClN2O2S. The number of pyridine rings is 2. The maximum atomic E-state index is 12.2. The molecule has 2 rings (SSSR count). The van der Waals surface area contributed by atoms with Crippen molar-refractivity contribution in [3.8, 4) is 0 Å². The predicted molar refractivity (Wildman–Crippen MR) is 74.6 cm³/mol. The van der Waals surface area contributed by atoms with Crippen LogP contribution in [0.25, 0.3) is 11.0 Å². The van der Waals surface area contributed by atoms with Gasteiger partial charge in [-0.15, -0.1) is 11.6 Å². The molecule has 18 heavy (non-hydrogen) atoms. The first-order chi connectivity index (χ1) is 8.54. The van der Waals surface area contributed by atoms with Gasteiger partial charge in [0.05, 0.1) is 16.2 Å².